The largest absolute Gasteiger partial charge is 0.494 e. The van der Waals surface area contributed by atoms with Crippen LogP contribution in [0.25, 0.3) is 0 Å². The van der Waals surface area contributed by atoms with Crippen LogP contribution in [0.3, 0.4) is 0 Å². The fourth-order valence-electron chi connectivity index (χ4n) is 2.88. The van der Waals surface area contributed by atoms with Gasteiger partial charge in [0.25, 0.3) is 17.4 Å². The number of aromatic hydroxyl groups is 1. The summed E-state index contributed by atoms with van der Waals surface area (Å²) in [4.78, 5) is 65.1. The first-order valence-corrected chi connectivity index (χ1v) is 9.66. The van der Waals surface area contributed by atoms with E-state index in [0.29, 0.717) is 5.56 Å². The molecule has 13 heteroatoms. The number of imide groups is 1. The minimum absolute atomic E-state index is 0.120. The van der Waals surface area contributed by atoms with Crippen LogP contribution in [0.2, 0.25) is 0 Å². The Morgan fingerprint density at radius 3 is 2.31 bits per heavy atom. The van der Waals surface area contributed by atoms with E-state index in [4.69, 9.17) is 4.74 Å². The quantitative estimate of drug-likeness (QED) is 0.286. The molecule has 0 bridgehead atoms. The van der Waals surface area contributed by atoms with E-state index in [-0.39, 0.29) is 43.7 Å². The number of esters is 1. The predicted octanol–water partition coefficient (Wildman–Crippen LogP) is 2.58. The third-order valence-corrected chi connectivity index (χ3v) is 5.31. The van der Waals surface area contributed by atoms with Crippen LogP contribution >= 0.6 is 15.9 Å². The Hall–Kier alpha value is -3.87. The number of pyridine rings is 1. The molecule has 0 radical (unpaired) electrons. The van der Waals surface area contributed by atoms with Gasteiger partial charge in [0.2, 0.25) is 0 Å². The number of nitrogens with zero attached hydrogens (tertiary/aromatic N) is 4. The van der Waals surface area contributed by atoms with Crippen molar-refractivity contribution in [2.24, 2.45) is 17.3 Å². The lowest BCUT2D eigenvalue weighted by atomic mass is 10.1. The molecule has 0 fully saturated rings. The van der Waals surface area contributed by atoms with E-state index in [1.807, 2.05) is 0 Å². The fourth-order valence-corrected chi connectivity index (χ4v) is 3.31. The number of hydrogen-bond donors (Lipinski definition) is 1. The average molecular weight is 507 g/mol. The lowest BCUT2D eigenvalue weighted by Gasteiger charge is -2.10. The number of benzene rings is 1. The van der Waals surface area contributed by atoms with Crippen molar-refractivity contribution in [3.8, 4) is 11.6 Å². The molecule has 2 heterocycles. The van der Waals surface area contributed by atoms with Crippen LogP contribution in [0.15, 0.2) is 31.6 Å². The van der Waals surface area contributed by atoms with Crippen molar-refractivity contribution in [1.29, 1.82) is 0 Å². The van der Waals surface area contributed by atoms with Crippen molar-refractivity contribution in [2.75, 3.05) is 0 Å². The van der Waals surface area contributed by atoms with Gasteiger partial charge in [0.05, 0.1) is 15.6 Å². The van der Waals surface area contributed by atoms with Gasteiger partial charge in [0, 0.05) is 32.5 Å². The van der Waals surface area contributed by atoms with E-state index in [9.17, 15) is 29.1 Å². The SMILES string of the molecule is CC(=O)Oc1cc(N=Nc2c(Br)c(C)c(O)n(C)c2=O)c2c(c1)C(=O)N(OC(C)=O)C2=O. The van der Waals surface area contributed by atoms with Crippen LogP contribution in [-0.2, 0) is 21.5 Å². The van der Waals surface area contributed by atoms with Gasteiger partial charge in [-0.25, -0.2) is 4.79 Å². The molecule has 0 atom stereocenters. The van der Waals surface area contributed by atoms with Crippen LogP contribution in [0.5, 0.6) is 11.6 Å². The predicted molar refractivity (Wildman–Crippen MR) is 110 cm³/mol. The summed E-state index contributed by atoms with van der Waals surface area (Å²) < 4.78 is 6.11. The van der Waals surface area contributed by atoms with Crippen LogP contribution in [0.4, 0.5) is 11.4 Å². The number of carbonyl (C=O) groups is 4. The van der Waals surface area contributed by atoms with Gasteiger partial charge in [-0.1, -0.05) is 5.06 Å². The van der Waals surface area contributed by atoms with E-state index < -0.39 is 29.3 Å². The summed E-state index contributed by atoms with van der Waals surface area (Å²) in [6, 6.07) is 2.29. The highest BCUT2D eigenvalue weighted by Gasteiger charge is 2.41. The Kier molecular flexibility index (Phi) is 5.94. The first-order valence-electron chi connectivity index (χ1n) is 8.87. The molecule has 1 aromatic heterocycles. The number of fused-ring (bicyclic) bond motifs is 1. The Balaban J connectivity index is 2.20. The number of halogens is 1. The van der Waals surface area contributed by atoms with Crippen molar-refractivity contribution in [3.63, 3.8) is 0 Å². The van der Waals surface area contributed by atoms with Crippen LogP contribution < -0.4 is 10.3 Å². The van der Waals surface area contributed by atoms with Gasteiger partial charge in [-0.3, -0.25) is 23.7 Å². The molecule has 2 amide bonds. The highest BCUT2D eigenvalue weighted by Crippen LogP contribution is 2.37. The van der Waals surface area contributed by atoms with E-state index >= 15 is 0 Å². The summed E-state index contributed by atoms with van der Waals surface area (Å²) in [5.41, 5.74) is -1.29. The summed E-state index contributed by atoms with van der Waals surface area (Å²) in [5.74, 6) is -3.97. The molecule has 1 N–H and O–H groups in total. The molecule has 0 saturated heterocycles. The number of carbonyl (C=O) groups excluding carboxylic acids is 4. The van der Waals surface area contributed by atoms with Gasteiger partial charge in [-0.2, -0.15) is 0 Å². The minimum atomic E-state index is -0.989. The minimum Gasteiger partial charge on any atom is -0.494 e. The number of azo groups is 1. The molecule has 1 aliphatic heterocycles. The molecule has 166 valence electrons. The third-order valence-electron chi connectivity index (χ3n) is 4.34. The van der Waals surface area contributed by atoms with Gasteiger partial charge in [-0.15, -0.1) is 10.2 Å². The van der Waals surface area contributed by atoms with Gasteiger partial charge in [-0.05, 0) is 28.9 Å². The molecule has 32 heavy (non-hydrogen) atoms. The van der Waals surface area contributed by atoms with Crippen LogP contribution in [0.1, 0.15) is 40.1 Å². The zero-order valence-electron chi connectivity index (χ0n) is 17.1. The Bertz CT molecular complexity index is 1300. The monoisotopic (exact) mass is 506 g/mol. The smallest absolute Gasteiger partial charge is 0.330 e. The molecule has 2 aromatic rings. The highest BCUT2D eigenvalue weighted by atomic mass is 79.9. The number of hydrogen-bond acceptors (Lipinski definition) is 10. The van der Waals surface area contributed by atoms with Gasteiger partial charge in [0.15, 0.2) is 11.6 Å². The lowest BCUT2D eigenvalue weighted by molar-refractivity contribution is -0.165. The molecule has 1 aliphatic rings. The molecule has 0 spiro atoms. The van der Waals surface area contributed by atoms with Crippen molar-refractivity contribution >= 4 is 51.1 Å². The second-order valence-corrected chi connectivity index (χ2v) is 7.41. The number of rotatable bonds is 4. The molecule has 3 rings (SSSR count). The molecule has 0 aliphatic carbocycles. The van der Waals surface area contributed by atoms with Gasteiger partial charge < -0.3 is 14.7 Å². The number of amides is 2. The molecular formula is C19H15BrN4O8. The summed E-state index contributed by atoms with van der Waals surface area (Å²) in [5, 5.41) is 18.0. The molecule has 0 saturated carbocycles. The van der Waals surface area contributed by atoms with Crippen molar-refractivity contribution in [2.45, 2.75) is 20.8 Å². The lowest BCUT2D eigenvalue weighted by Crippen LogP contribution is -2.31. The maximum Gasteiger partial charge on any atom is 0.330 e. The summed E-state index contributed by atoms with van der Waals surface area (Å²) in [6.07, 6.45) is 0. The van der Waals surface area contributed by atoms with E-state index in [2.05, 4.69) is 31.0 Å². The highest BCUT2D eigenvalue weighted by molar-refractivity contribution is 9.10. The second kappa shape index (κ2) is 8.34. The number of ether oxygens (including phenoxy) is 1. The Labute approximate surface area is 188 Å². The summed E-state index contributed by atoms with van der Waals surface area (Å²) in [7, 11) is 1.33. The number of aromatic nitrogens is 1. The van der Waals surface area contributed by atoms with E-state index in [1.54, 1.807) is 0 Å². The van der Waals surface area contributed by atoms with Crippen molar-refractivity contribution in [1.82, 2.24) is 9.63 Å². The van der Waals surface area contributed by atoms with E-state index in [0.717, 1.165) is 30.5 Å². The van der Waals surface area contributed by atoms with Crippen LogP contribution in [0, 0.1) is 6.92 Å². The summed E-state index contributed by atoms with van der Waals surface area (Å²) >= 11 is 3.17. The molecule has 0 unspecified atom stereocenters. The Morgan fingerprint density at radius 2 is 1.72 bits per heavy atom. The topological polar surface area (TPSA) is 157 Å². The molecule has 12 nitrogen and oxygen atoms in total. The van der Waals surface area contributed by atoms with Gasteiger partial charge in [0.1, 0.15) is 11.4 Å². The summed E-state index contributed by atoms with van der Waals surface area (Å²) in [6.45, 7) is 3.68. The standard InChI is InChI=1S/C19H15BrN4O8/c1-7-14(20)15(19(30)23(4)16(7)27)22-21-12-6-10(31-8(2)25)5-11-13(12)18(29)24(17(11)28)32-9(3)26/h5-6,27H,1-4H3. The normalized spacial score (nSPS) is 13.0. The zero-order valence-corrected chi connectivity index (χ0v) is 18.7. The molecular weight excluding hydrogens is 492 g/mol. The average Bonchev–Trinajstić information content (AvgIpc) is 2.94. The van der Waals surface area contributed by atoms with Crippen molar-refractivity contribution in [3.05, 3.63) is 43.6 Å². The van der Waals surface area contributed by atoms with Crippen LogP contribution in [-0.4, -0.2) is 38.5 Å². The van der Waals surface area contributed by atoms with Crippen molar-refractivity contribution < 1.29 is 33.9 Å². The first kappa shape index (κ1) is 22.8. The first-order chi connectivity index (χ1) is 14.9. The maximum absolute atomic E-state index is 12.7. The Morgan fingerprint density at radius 1 is 1.06 bits per heavy atom. The van der Waals surface area contributed by atoms with E-state index in [1.165, 1.54) is 14.0 Å². The maximum atomic E-state index is 12.7. The fraction of sp³-hybridized carbons (Fsp3) is 0.211. The zero-order chi connectivity index (χ0) is 23.9. The molecule has 1 aromatic carbocycles. The van der Waals surface area contributed by atoms with Gasteiger partial charge >= 0.3 is 11.9 Å². The second-order valence-electron chi connectivity index (χ2n) is 6.62. The number of hydroxylamine groups is 2. The third kappa shape index (κ3) is 3.89.